The van der Waals surface area contributed by atoms with Gasteiger partial charge in [-0.2, -0.15) is 0 Å². The Morgan fingerprint density at radius 3 is 2.53 bits per heavy atom. The van der Waals surface area contributed by atoms with Crippen molar-refractivity contribution in [3.8, 4) is 0 Å². The molecule has 2 unspecified atom stereocenters. The van der Waals surface area contributed by atoms with Crippen LogP contribution in [0.25, 0.3) is 0 Å². The molecule has 5 nitrogen and oxygen atoms in total. The van der Waals surface area contributed by atoms with E-state index in [9.17, 15) is 4.79 Å². The van der Waals surface area contributed by atoms with Crippen LogP contribution in [0.2, 0.25) is 0 Å². The molecule has 0 fully saturated rings. The van der Waals surface area contributed by atoms with E-state index < -0.39 is 18.2 Å². The zero-order valence-electron chi connectivity index (χ0n) is 8.85. The highest BCUT2D eigenvalue weighted by Crippen LogP contribution is 2.08. The van der Waals surface area contributed by atoms with Crippen molar-refractivity contribution in [1.29, 1.82) is 0 Å². The number of aliphatic carboxylic acids is 1. The summed E-state index contributed by atoms with van der Waals surface area (Å²) in [7, 11) is 0. The fraction of sp³-hybridized carbons (Fsp3) is 0.700. The van der Waals surface area contributed by atoms with Crippen molar-refractivity contribution in [1.82, 2.24) is 0 Å². The van der Waals surface area contributed by atoms with E-state index in [-0.39, 0.29) is 25.2 Å². The van der Waals surface area contributed by atoms with E-state index in [1.807, 2.05) is 0 Å². The highest BCUT2D eigenvalue weighted by molar-refractivity contribution is 5.85. The molecule has 0 heterocycles. The van der Waals surface area contributed by atoms with Gasteiger partial charge in [0.1, 0.15) is 0 Å². The van der Waals surface area contributed by atoms with E-state index in [1.54, 1.807) is 6.92 Å². The Bertz CT molecular complexity index is 212. The fourth-order valence-corrected chi connectivity index (χ4v) is 0.945. The molecule has 0 aliphatic rings. The lowest BCUT2D eigenvalue weighted by atomic mass is 10.1. The molecule has 0 bridgehead atoms. The van der Waals surface area contributed by atoms with Crippen LogP contribution in [-0.2, 0) is 9.53 Å². The monoisotopic (exact) mass is 218 g/mol. The highest BCUT2D eigenvalue weighted by Gasteiger charge is 2.12. The molecule has 0 rings (SSSR count). The van der Waals surface area contributed by atoms with Gasteiger partial charge in [-0.25, -0.2) is 4.79 Å². The van der Waals surface area contributed by atoms with Crippen LogP contribution < -0.4 is 0 Å². The van der Waals surface area contributed by atoms with Crippen LogP contribution in [0.5, 0.6) is 0 Å². The molecule has 0 spiro atoms. The number of carboxylic acids is 1. The van der Waals surface area contributed by atoms with E-state index in [1.165, 1.54) is 0 Å². The van der Waals surface area contributed by atoms with Gasteiger partial charge in [0.15, 0.2) is 0 Å². The van der Waals surface area contributed by atoms with E-state index in [0.29, 0.717) is 6.42 Å². The fourth-order valence-electron chi connectivity index (χ4n) is 0.945. The summed E-state index contributed by atoms with van der Waals surface area (Å²) in [5, 5.41) is 26.4. The number of hydrogen-bond donors (Lipinski definition) is 3. The van der Waals surface area contributed by atoms with E-state index in [0.717, 1.165) is 0 Å². The van der Waals surface area contributed by atoms with Gasteiger partial charge in [-0.05, 0) is 19.8 Å². The van der Waals surface area contributed by atoms with Gasteiger partial charge in [0.25, 0.3) is 0 Å². The Hall–Kier alpha value is -0.910. The molecule has 88 valence electrons. The largest absolute Gasteiger partial charge is 0.478 e. The predicted molar refractivity (Wildman–Crippen MR) is 54.5 cm³/mol. The van der Waals surface area contributed by atoms with Gasteiger partial charge < -0.3 is 20.1 Å². The van der Waals surface area contributed by atoms with E-state index in [2.05, 4.69) is 6.58 Å². The molecule has 15 heavy (non-hydrogen) atoms. The number of carbonyl (C=O) groups is 1. The maximum absolute atomic E-state index is 10.4. The topological polar surface area (TPSA) is 87.0 Å². The number of carboxylic acid groups (broad SMARTS) is 1. The Morgan fingerprint density at radius 1 is 1.53 bits per heavy atom. The van der Waals surface area contributed by atoms with Gasteiger partial charge in [0.05, 0.1) is 25.4 Å². The second-order valence-electron chi connectivity index (χ2n) is 3.43. The molecule has 0 saturated heterocycles. The van der Waals surface area contributed by atoms with Gasteiger partial charge >= 0.3 is 5.97 Å². The molecular weight excluding hydrogens is 200 g/mol. The minimum atomic E-state index is -1.04. The van der Waals surface area contributed by atoms with Crippen molar-refractivity contribution in [2.75, 3.05) is 13.2 Å². The smallest absolute Gasteiger partial charge is 0.330 e. The van der Waals surface area contributed by atoms with Crippen molar-refractivity contribution in [2.45, 2.75) is 32.0 Å². The summed E-state index contributed by atoms with van der Waals surface area (Å²) in [5.74, 6) is -1.04. The molecule has 0 aliphatic heterocycles. The molecule has 2 atom stereocenters. The average molecular weight is 218 g/mol. The summed E-state index contributed by atoms with van der Waals surface area (Å²) in [6, 6.07) is 0. The SMILES string of the molecule is C=C(CCC(CO)OCC(C)O)C(=O)O. The third kappa shape index (κ3) is 7.07. The summed E-state index contributed by atoms with van der Waals surface area (Å²) in [5.41, 5.74) is 0.0918. The van der Waals surface area contributed by atoms with Gasteiger partial charge in [-0.3, -0.25) is 0 Å². The summed E-state index contributed by atoms with van der Waals surface area (Å²) in [4.78, 5) is 10.4. The van der Waals surface area contributed by atoms with Crippen molar-refractivity contribution in [3.63, 3.8) is 0 Å². The van der Waals surface area contributed by atoms with Gasteiger partial charge in [-0.15, -0.1) is 0 Å². The number of aliphatic hydroxyl groups is 2. The second kappa shape index (κ2) is 7.39. The van der Waals surface area contributed by atoms with Gasteiger partial charge in [0, 0.05) is 5.57 Å². The number of ether oxygens (including phenoxy) is 1. The van der Waals surface area contributed by atoms with Crippen molar-refractivity contribution >= 4 is 5.97 Å². The van der Waals surface area contributed by atoms with Crippen LogP contribution in [0.4, 0.5) is 0 Å². The first-order valence-corrected chi connectivity index (χ1v) is 4.79. The molecule has 0 aliphatic carbocycles. The maximum atomic E-state index is 10.4. The predicted octanol–water partition coefficient (Wildman–Crippen LogP) is 0.166. The second-order valence-corrected chi connectivity index (χ2v) is 3.43. The lowest BCUT2D eigenvalue weighted by Crippen LogP contribution is -2.23. The van der Waals surface area contributed by atoms with Crippen LogP contribution >= 0.6 is 0 Å². The first kappa shape index (κ1) is 14.1. The van der Waals surface area contributed by atoms with Gasteiger partial charge in [0.2, 0.25) is 0 Å². The molecule has 0 aromatic rings. The Labute approximate surface area is 89.0 Å². The zero-order valence-corrected chi connectivity index (χ0v) is 8.85. The molecule has 0 radical (unpaired) electrons. The summed E-state index contributed by atoms with van der Waals surface area (Å²) in [6.45, 7) is 4.88. The standard InChI is InChI=1S/C10H18O5/c1-7(10(13)14)3-4-9(5-11)15-6-8(2)12/h8-9,11-12H,1,3-6H2,2H3,(H,13,14). The van der Waals surface area contributed by atoms with Crippen LogP contribution in [0.1, 0.15) is 19.8 Å². The van der Waals surface area contributed by atoms with Crippen LogP contribution in [0.15, 0.2) is 12.2 Å². The van der Waals surface area contributed by atoms with Crippen molar-refractivity contribution in [2.24, 2.45) is 0 Å². The van der Waals surface area contributed by atoms with E-state index >= 15 is 0 Å². The normalized spacial score (nSPS) is 14.6. The van der Waals surface area contributed by atoms with Crippen LogP contribution in [0.3, 0.4) is 0 Å². The molecular formula is C10H18O5. The number of hydrogen-bond acceptors (Lipinski definition) is 4. The quantitative estimate of drug-likeness (QED) is 0.505. The minimum absolute atomic E-state index is 0.0918. The van der Waals surface area contributed by atoms with E-state index in [4.69, 9.17) is 20.1 Å². The Kier molecular flexibility index (Phi) is 6.94. The molecule has 0 saturated carbocycles. The first-order valence-electron chi connectivity index (χ1n) is 4.79. The summed E-state index contributed by atoms with van der Waals surface area (Å²) in [6.07, 6.45) is -0.397. The lowest BCUT2D eigenvalue weighted by molar-refractivity contribution is -0.132. The maximum Gasteiger partial charge on any atom is 0.330 e. The third-order valence-corrected chi connectivity index (χ3v) is 1.85. The Balaban J connectivity index is 3.79. The molecule has 5 heteroatoms. The summed E-state index contributed by atoms with van der Waals surface area (Å²) < 4.78 is 5.15. The molecule has 0 amide bonds. The van der Waals surface area contributed by atoms with Crippen LogP contribution in [0, 0.1) is 0 Å². The molecule has 3 N–H and O–H groups in total. The first-order chi connectivity index (χ1) is 6.97. The minimum Gasteiger partial charge on any atom is -0.478 e. The summed E-state index contributed by atoms with van der Waals surface area (Å²) >= 11 is 0. The average Bonchev–Trinajstić information content (AvgIpc) is 2.17. The Morgan fingerprint density at radius 2 is 2.13 bits per heavy atom. The number of rotatable bonds is 8. The molecule has 0 aromatic carbocycles. The lowest BCUT2D eigenvalue weighted by Gasteiger charge is -2.16. The van der Waals surface area contributed by atoms with Crippen LogP contribution in [-0.4, -0.2) is 46.7 Å². The van der Waals surface area contributed by atoms with Crippen molar-refractivity contribution in [3.05, 3.63) is 12.2 Å². The highest BCUT2D eigenvalue weighted by atomic mass is 16.5. The third-order valence-electron chi connectivity index (χ3n) is 1.85. The number of aliphatic hydroxyl groups excluding tert-OH is 2. The molecule has 0 aromatic heterocycles. The van der Waals surface area contributed by atoms with Crippen molar-refractivity contribution < 1.29 is 24.9 Å². The van der Waals surface area contributed by atoms with Gasteiger partial charge in [-0.1, -0.05) is 6.58 Å². The zero-order chi connectivity index (χ0) is 11.8.